The van der Waals surface area contributed by atoms with Crippen molar-refractivity contribution in [3.63, 3.8) is 0 Å². The Hall–Kier alpha value is -17.8. The van der Waals surface area contributed by atoms with Gasteiger partial charge in [-0.3, -0.25) is 48.0 Å². The molecule has 6 N–H and O–H groups in total. The molecule has 0 saturated heterocycles. The van der Waals surface area contributed by atoms with Gasteiger partial charge in [0.15, 0.2) is 58.1 Å². The van der Waals surface area contributed by atoms with Crippen LogP contribution in [0, 0.1) is 27.3 Å². The second-order valence-corrected chi connectivity index (χ2v) is 28.9. The number of amides is 1. The summed E-state index contributed by atoms with van der Waals surface area (Å²) in [5.41, 5.74) is 7.50. The highest BCUT2D eigenvalue weighted by Gasteiger charge is 2.37. The minimum absolute atomic E-state index is 0.0223. The Morgan fingerprint density at radius 1 is 0.380 bits per heavy atom. The molecular weight excluding hydrogens is 1830 g/mol. The number of nitrogens with zero attached hydrogens (tertiary/aromatic N) is 21. The number of pyridine rings is 4. The minimum atomic E-state index is -4.61. The molecule has 47 heteroatoms. The van der Waals surface area contributed by atoms with Gasteiger partial charge < -0.3 is 36.3 Å². The van der Waals surface area contributed by atoms with Crippen LogP contribution in [0.5, 0.6) is 11.8 Å². The van der Waals surface area contributed by atoms with Gasteiger partial charge in [-0.15, -0.1) is 35.7 Å². The van der Waals surface area contributed by atoms with Crippen molar-refractivity contribution in [3.05, 3.63) is 304 Å². The van der Waals surface area contributed by atoms with Crippen LogP contribution in [0.15, 0.2) is 225 Å². The number of carboxylic acid groups (broad SMARTS) is 1. The molecule has 137 heavy (non-hydrogen) atoms. The SMILES string of the molecule is CC(=O)c1ccc(-c2nc3cc(C(F)(F)F)ccc3n2-c2ccc(C)nn2)nc1.COc1ccc(Nc2ccc(C(F)(F)F)cc2N)nn1.COc1ccc(Nc2ccc(C(F)(F)F)cc2NC(=O)c2ccc(C(C)=O)cn2)nn1.Cc1ccc(-n2c(-c3ccc(C(=O)O)cn3)nc3cc(C(F)(F)F)ccc32)nn1.[C-]#[N+]c1ccc(-c2nc3cc(C(F)(F)F)ccc3n2-c2ccc(C)nn2)nc1. The molecular formula is C90H64F15N25O7. The summed E-state index contributed by atoms with van der Waals surface area (Å²) < 4.78 is 210. The zero-order valence-corrected chi connectivity index (χ0v) is 71.4. The van der Waals surface area contributed by atoms with Crippen LogP contribution in [-0.4, -0.2) is 142 Å². The highest BCUT2D eigenvalue weighted by molar-refractivity contribution is 6.05. The van der Waals surface area contributed by atoms with E-state index in [4.69, 9.17) is 26.9 Å². The number of halogens is 15. The summed E-state index contributed by atoms with van der Waals surface area (Å²) in [6.07, 6.45) is -17.3. The molecule has 12 heterocycles. The van der Waals surface area contributed by atoms with E-state index in [2.05, 4.69) is 107 Å². The molecule has 0 radical (unpaired) electrons. The Bertz CT molecular complexity index is 7140. The van der Waals surface area contributed by atoms with Gasteiger partial charge in [-0.2, -0.15) is 81.2 Å². The molecule has 17 aromatic rings. The van der Waals surface area contributed by atoms with Gasteiger partial charge in [-0.25, -0.2) is 24.6 Å². The molecule has 1 amide bonds. The lowest BCUT2D eigenvalue weighted by molar-refractivity contribution is -0.138. The second kappa shape index (κ2) is 40.1. The largest absolute Gasteiger partial charge is 0.480 e. The van der Waals surface area contributed by atoms with Gasteiger partial charge >= 0.3 is 36.9 Å². The van der Waals surface area contributed by atoms with Gasteiger partial charge in [0, 0.05) is 48.0 Å². The molecule has 5 aromatic carbocycles. The van der Waals surface area contributed by atoms with E-state index in [0.717, 1.165) is 72.9 Å². The van der Waals surface area contributed by atoms with E-state index in [1.165, 1.54) is 112 Å². The third-order valence-corrected chi connectivity index (χ3v) is 19.3. The molecule has 0 aliphatic rings. The van der Waals surface area contributed by atoms with Crippen LogP contribution in [0.4, 0.5) is 106 Å². The summed E-state index contributed by atoms with van der Waals surface area (Å²) in [4.78, 5) is 79.3. The second-order valence-electron chi connectivity index (χ2n) is 28.9. The van der Waals surface area contributed by atoms with E-state index in [9.17, 15) is 85.0 Å². The maximum absolute atomic E-state index is 13.2. The van der Waals surface area contributed by atoms with Gasteiger partial charge in [-0.05, 0) is 217 Å². The number of ketones is 2. The first-order valence-electron chi connectivity index (χ1n) is 39.4. The van der Waals surface area contributed by atoms with E-state index in [1.807, 2.05) is 0 Å². The maximum atomic E-state index is 13.2. The number of nitrogens with one attached hydrogen (secondary N) is 3. The van der Waals surface area contributed by atoms with Crippen LogP contribution in [0.1, 0.15) is 100 Å². The fraction of sp³-hybridized carbons (Fsp3) is 0.133. The number of ether oxygens (including phenoxy) is 2. The molecule has 32 nitrogen and oxygen atoms in total. The monoisotopic (exact) mass is 1890 g/mol. The number of methoxy groups -OCH3 is 2. The normalized spacial score (nSPS) is 11.5. The van der Waals surface area contributed by atoms with Gasteiger partial charge in [-0.1, -0.05) is 6.07 Å². The highest BCUT2D eigenvalue weighted by atomic mass is 19.4. The number of anilines is 6. The number of alkyl halides is 15. The van der Waals surface area contributed by atoms with Crippen LogP contribution >= 0.6 is 0 Å². The lowest BCUT2D eigenvalue weighted by atomic mass is 10.1. The number of aryl methyl sites for hydroxylation is 3. The van der Waals surface area contributed by atoms with Crippen molar-refractivity contribution in [3.8, 4) is 63.8 Å². The molecule has 0 aliphatic heterocycles. The van der Waals surface area contributed by atoms with Gasteiger partial charge in [0.25, 0.3) is 5.91 Å². The van der Waals surface area contributed by atoms with Gasteiger partial charge in [0.2, 0.25) is 17.4 Å². The number of carbonyl (C=O) groups is 4. The van der Waals surface area contributed by atoms with Crippen molar-refractivity contribution in [2.75, 3.05) is 35.9 Å². The standard InChI is InChI=1S/C20H16F3N5O3.C20H14F3N5O.C19H11F3N6.C19H12F3N5O2.C12H11F3N4O/c1-11(29)12-3-5-15(24-10-12)19(30)26-16-9-13(20(21,22)23)4-6-14(16)25-17-7-8-18(31-2)28-27-17;1-11-3-8-18(27-26-11)28-17-7-5-14(20(21,22)23)9-16(17)25-19(28)15-6-4-13(10-24-15)12(2)29;1-11-3-8-17(27-26-11)28-16-7-4-12(19(20,21)22)9-15(16)25-18(28)14-6-5-13(23-2)10-24-14;1-10-2-7-16(26-25-10)27-15-6-4-12(19(20,21)22)8-14(15)24-17(27)13-5-3-11(9-23-13)18(28)29;1-20-11-5-4-10(18-19-11)17-9-3-2-7(6-8(9)16)12(13,14)15/h3-10H,1-2H3,(H,25,27)(H,26,30);3-10H,1-2H3;3-10H,1H3;2-9H,1H3,(H,28,29);2-6H,16H2,1H3,(H,17,18). The number of imidazole rings is 3. The minimum Gasteiger partial charge on any atom is -0.480 e. The molecule has 0 aliphatic carbocycles. The molecule has 0 atom stereocenters. The summed E-state index contributed by atoms with van der Waals surface area (Å²) in [5, 5.41) is 56.6. The molecule has 0 spiro atoms. The number of aromatic nitrogens is 20. The maximum Gasteiger partial charge on any atom is 0.416 e. The van der Waals surface area contributed by atoms with Crippen molar-refractivity contribution >= 4 is 96.6 Å². The predicted octanol–water partition coefficient (Wildman–Crippen LogP) is 20.0. The number of nitrogens with two attached hydrogens (primary N) is 1. The molecule has 0 bridgehead atoms. The highest BCUT2D eigenvalue weighted by Crippen LogP contribution is 2.41. The summed E-state index contributed by atoms with van der Waals surface area (Å²) in [6.45, 7) is 15.1. The van der Waals surface area contributed by atoms with E-state index >= 15 is 0 Å². The third-order valence-electron chi connectivity index (χ3n) is 19.3. The fourth-order valence-corrected chi connectivity index (χ4v) is 12.5. The summed E-state index contributed by atoms with van der Waals surface area (Å²) in [7, 11) is 2.86. The Morgan fingerprint density at radius 3 is 1.05 bits per heavy atom. The number of benzene rings is 5. The average molecular weight is 1890 g/mol. The first-order chi connectivity index (χ1) is 64.9. The van der Waals surface area contributed by atoms with Crippen molar-refractivity contribution in [1.29, 1.82) is 0 Å². The molecule has 696 valence electrons. The fourth-order valence-electron chi connectivity index (χ4n) is 12.5. The molecule has 17 rings (SSSR count). The van der Waals surface area contributed by atoms with Crippen LogP contribution < -0.4 is 31.2 Å². The van der Waals surface area contributed by atoms with E-state index < -0.39 is 70.6 Å². The van der Waals surface area contributed by atoms with Gasteiger partial charge in [0.05, 0.1) is 127 Å². The Morgan fingerprint density at radius 2 is 0.737 bits per heavy atom. The number of fused-ring (bicyclic) bond motifs is 3. The zero-order chi connectivity index (χ0) is 98.8. The van der Waals surface area contributed by atoms with E-state index in [-0.39, 0.29) is 79.7 Å². The van der Waals surface area contributed by atoms with E-state index in [0.29, 0.717) is 108 Å². The van der Waals surface area contributed by atoms with Crippen molar-refractivity contribution in [2.45, 2.75) is 65.5 Å². The number of hydrogen-bond acceptors (Lipinski definition) is 26. The summed E-state index contributed by atoms with van der Waals surface area (Å²) in [6, 6.07) is 44.0. The first kappa shape index (κ1) is 96.8. The van der Waals surface area contributed by atoms with Crippen molar-refractivity contribution in [2.24, 2.45) is 0 Å². The quantitative estimate of drug-likeness (QED) is 0.0245. The number of hydrogen-bond donors (Lipinski definition) is 5. The predicted molar refractivity (Wildman–Crippen MR) is 465 cm³/mol. The molecule has 0 unspecified atom stereocenters. The molecule has 0 saturated carbocycles. The van der Waals surface area contributed by atoms with Gasteiger partial charge in [0.1, 0.15) is 22.8 Å². The smallest absolute Gasteiger partial charge is 0.416 e. The number of carboxylic acids is 1. The van der Waals surface area contributed by atoms with Crippen molar-refractivity contribution in [1.82, 2.24) is 99.6 Å². The number of aromatic carboxylic acids is 1. The average Bonchev–Trinajstić information content (AvgIpc) is 1.62. The Labute approximate surface area is 761 Å². The molecule has 0 fully saturated rings. The lowest BCUT2D eigenvalue weighted by Gasteiger charge is -2.15. The Balaban J connectivity index is 0.000000146. The number of Topliss-reactive ketones (excluding diaryl/α,β-unsaturated/α-hetero) is 2. The van der Waals surface area contributed by atoms with E-state index in [1.54, 1.807) is 103 Å². The summed E-state index contributed by atoms with van der Waals surface area (Å²) in [5.74, 6) is 0.850. The van der Waals surface area contributed by atoms with Crippen LogP contribution in [0.25, 0.3) is 90.0 Å². The number of rotatable bonds is 17. The van der Waals surface area contributed by atoms with Crippen LogP contribution in [0.3, 0.4) is 0 Å². The van der Waals surface area contributed by atoms with Crippen LogP contribution in [-0.2, 0) is 30.9 Å². The zero-order valence-electron chi connectivity index (χ0n) is 71.4. The number of carbonyl (C=O) groups excluding carboxylic acids is 3. The van der Waals surface area contributed by atoms with Crippen LogP contribution in [0.2, 0.25) is 0 Å². The third kappa shape index (κ3) is 23.4. The number of nitrogen functional groups attached to an aromatic ring is 1. The molecule has 12 aromatic heterocycles. The first-order valence-corrected chi connectivity index (χ1v) is 39.4. The summed E-state index contributed by atoms with van der Waals surface area (Å²) >= 11 is 0. The lowest BCUT2D eigenvalue weighted by Crippen LogP contribution is -2.16. The van der Waals surface area contributed by atoms with Crippen molar-refractivity contribution < 1.29 is 99.6 Å². The topological polar surface area (TPSA) is 407 Å². The Kier molecular flexibility index (Phi) is 28.3.